The van der Waals surface area contributed by atoms with Crippen LogP contribution in [0.3, 0.4) is 0 Å². The maximum Gasteiger partial charge on any atom is 0.224 e. The van der Waals surface area contributed by atoms with Gasteiger partial charge in [0.25, 0.3) is 0 Å². The third-order valence-electron chi connectivity index (χ3n) is 5.03. The van der Waals surface area contributed by atoms with Crippen LogP contribution in [0, 0.1) is 5.92 Å². The summed E-state index contributed by atoms with van der Waals surface area (Å²) >= 11 is 0. The second kappa shape index (κ2) is 6.08. The molecular weight excluding hydrogens is 298 g/mol. The van der Waals surface area contributed by atoms with Gasteiger partial charge >= 0.3 is 0 Å². The molecule has 1 N–H and O–H groups in total. The van der Waals surface area contributed by atoms with Crippen molar-refractivity contribution in [3.05, 3.63) is 83.6 Å². The number of benzene rings is 2. The lowest BCUT2D eigenvalue weighted by Crippen LogP contribution is -2.43. The van der Waals surface area contributed by atoms with Gasteiger partial charge in [-0.15, -0.1) is 0 Å². The summed E-state index contributed by atoms with van der Waals surface area (Å²) in [6.07, 6.45) is 2.94. The van der Waals surface area contributed by atoms with Crippen molar-refractivity contribution in [1.82, 2.24) is 5.32 Å². The van der Waals surface area contributed by atoms with Crippen LogP contribution in [0.2, 0.25) is 0 Å². The molecule has 3 atom stereocenters. The Morgan fingerprint density at radius 2 is 1.42 bits per heavy atom. The van der Waals surface area contributed by atoms with Crippen molar-refractivity contribution >= 4 is 11.7 Å². The van der Waals surface area contributed by atoms with Crippen molar-refractivity contribution in [3.63, 3.8) is 0 Å². The van der Waals surface area contributed by atoms with Gasteiger partial charge < -0.3 is 5.32 Å². The van der Waals surface area contributed by atoms with E-state index in [4.69, 9.17) is 0 Å². The first-order valence-electron chi connectivity index (χ1n) is 8.36. The van der Waals surface area contributed by atoms with Crippen molar-refractivity contribution in [1.29, 1.82) is 0 Å². The molecule has 1 heterocycles. The van der Waals surface area contributed by atoms with Crippen molar-refractivity contribution in [2.24, 2.45) is 5.92 Å². The molecule has 2 aliphatic rings. The molecular formula is C21H19NO2. The Bertz CT molecular complexity index is 795. The number of hydrogen-bond acceptors (Lipinski definition) is 2. The first-order chi connectivity index (χ1) is 11.7. The molecule has 3 heteroatoms. The third kappa shape index (κ3) is 2.67. The van der Waals surface area contributed by atoms with Crippen LogP contribution >= 0.6 is 0 Å². The van der Waals surface area contributed by atoms with E-state index in [9.17, 15) is 9.59 Å². The highest BCUT2D eigenvalue weighted by Gasteiger charge is 2.41. The topological polar surface area (TPSA) is 46.2 Å². The predicted octanol–water partition coefficient (Wildman–Crippen LogP) is 3.55. The van der Waals surface area contributed by atoms with Gasteiger partial charge in [-0.05, 0) is 11.1 Å². The molecule has 0 spiro atoms. The molecule has 3 nitrogen and oxygen atoms in total. The van der Waals surface area contributed by atoms with Crippen molar-refractivity contribution in [3.8, 4) is 0 Å². The number of nitrogens with one attached hydrogen (secondary N) is 1. The normalized spacial score (nSPS) is 26.3. The van der Waals surface area contributed by atoms with E-state index in [1.807, 2.05) is 60.7 Å². The van der Waals surface area contributed by atoms with Gasteiger partial charge in [0.15, 0.2) is 0 Å². The van der Waals surface area contributed by atoms with Gasteiger partial charge in [-0.25, -0.2) is 0 Å². The van der Waals surface area contributed by atoms with Gasteiger partial charge in [0.2, 0.25) is 5.91 Å². The smallest absolute Gasteiger partial charge is 0.224 e. The number of allylic oxidation sites excluding steroid dienone is 2. The summed E-state index contributed by atoms with van der Waals surface area (Å²) in [5, 5.41) is 2.95. The lowest BCUT2D eigenvalue weighted by Gasteiger charge is -2.37. The molecule has 120 valence electrons. The number of carbonyl (C=O) groups is 2. The van der Waals surface area contributed by atoms with Gasteiger partial charge in [0.05, 0.1) is 5.92 Å². The second-order valence-corrected chi connectivity index (χ2v) is 6.56. The highest BCUT2D eigenvalue weighted by molar-refractivity contribution is 5.92. The molecule has 0 bridgehead atoms. The first kappa shape index (κ1) is 14.9. The maximum absolute atomic E-state index is 12.9. The Kier molecular flexibility index (Phi) is 3.77. The largest absolute Gasteiger partial charge is 0.329 e. The summed E-state index contributed by atoms with van der Waals surface area (Å²) in [7, 11) is 0. The van der Waals surface area contributed by atoms with Gasteiger partial charge in [0.1, 0.15) is 5.78 Å². The molecule has 2 aromatic carbocycles. The van der Waals surface area contributed by atoms with Crippen LogP contribution in [0.5, 0.6) is 0 Å². The van der Waals surface area contributed by atoms with Gasteiger partial charge in [-0.2, -0.15) is 0 Å². The second-order valence-electron chi connectivity index (χ2n) is 6.56. The maximum atomic E-state index is 12.9. The average molecular weight is 317 g/mol. The number of hydrogen-bond donors (Lipinski definition) is 1. The van der Waals surface area contributed by atoms with Crippen LogP contribution in [-0.2, 0) is 9.59 Å². The molecule has 1 aliphatic heterocycles. The SMILES string of the molecule is O=C1C[C@@H](c2ccccc2)[C@H]2C(=O)C[C@@H](c3ccccc3)C=C2N1. The molecule has 1 amide bonds. The van der Waals surface area contributed by atoms with Gasteiger partial charge in [-0.1, -0.05) is 66.7 Å². The lowest BCUT2D eigenvalue weighted by molar-refractivity contribution is -0.127. The zero-order valence-electron chi connectivity index (χ0n) is 13.3. The molecule has 0 aromatic heterocycles. The first-order valence-corrected chi connectivity index (χ1v) is 8.36. The van der Waals surface area contributed by atoms with E-state index in [1.165, 1.54) is 0 Å². The number of piperidine rings is 1. The Balaban J connectivity index is 1.72. The number of Topliss-reactive ketones (excluding diaryl/α,β-unsaturated/α-hetero) is 1. The monoisotopic (exact) mass is 317 g/mol. The van der Waals surface area contributed by atoms with E-state index in [1.54, 1.807) is 0 Å². The minimum atomic E-state index is -0.231. The molecule has 4 rings (SSSR count). The summed E-state index contributed by atoms with van der Waals surface area (Å²) < 4.78 is 0. The van der Waals surface area contributed by atoms with E-state index in [0.29, 0.717) is 12.8 Å². The van der Waals surface area contributed by atoms with E-state index in [2.05, 4.69) is 11.4 Å². The van der Waals surface area contributed by atoms with Gasteiger partial charge in [-0.3, -0.25) is 9.59 Å². The van der Waals surface area contributed by atoms with Crippen LogP contribution in [0.15, 0.2) is 72.4 Å². The van der Waals surface area contributed by atoms with E-state index in [-0.39, 0.29) is 29.4 Å². The number of carbonyl (C=O) groups excluding carboxylic acids is 2. The quantitative estimate of drug-likeness (QED) is 0.921. The van der Waals surface area contributed by atoms with Crippen molar-refractivity contribution in [2.75, 3.05) is 0 Å². The molecule has 1 saturated heterocycles. The molecule has 0 unspecified atom stereocenters. The van der Waals surface area contributed by atoms with Gasteiger partial charge in [0, 0.05) is 30.4 Å². The zero-order valence-corrected chi connectivity index (χ0v) is 13.3. The molecule has 0 saturated carbocycles. The van der Waals surface area contributed by atoms with Crippen LogP contribution < -0.4 is 5.32 Å². The fourth-order valence-corrected chi connectivity index (χ4v) is 3.91. The van der Waals surface area contributed by atoms with E-state index in [0.717, 1.165) is 16.8 Å². The summed E-state index contributed by atoms with van der Waals surface area (Å²) in [4.78, 5) is 25.1. The summed E-state index contributed by atoms with van der Waals surface area (Å²) in [5.74, 6) is -0.0386. The highest BCUT2D eigenvalue weighted by atomic mass is 16.2. The standard InChI is InChI=1S/C21H19NO2/c23-19-12-16(14-7-3-1-4-8-14)11-18-21(19)17(13-20(24)22-18)15-9-5-2-6-10-15/h1-11,16-17,21H,12-13H2,(H,22,24)/t16-,17-,21+/m0/s1. The predicted molar refractivity (Wildman–Crippen MR) is 92.3 cm³/mol. The van der Waals surface area contributed by atoms with Crippen LogP contribution in [0.4, 0.5) is 0 Å². The summed E-state index contributed by atoms with van der Waals surface area (Å²) in [6, 6.07) is 19.9. The summed E-state index contributed by atoms with van der Waals surface area (Å²) in [5.41, 5.74) is 2.97. The van der Waals surface area contributed by atoms with E-state index >= 15 is 0 Å². The molecule has 1 aliphatic carbocycles. The van der Waals surface area contributed by atoms with Crippen LogP contribution in [0.1, 0.15) is 35.8 Å². The number of amides is 1. The molecule has 1 fully saturated rings. The third-order valence-corrected chi connectivity index (χ3v) is 5.03. The minimum absolute atomic E-state index is 0.00661. The molecule has 2 aromatic rings. The van der Waals surface area contributed by atoms with Crippen molar-refractivity contribution < 1.29 is 9.59 Å². The highest BCUT2D eigenvalue weighted by Crippen LogP contribution is 2.42. The van der Waals surface area contributed by atoms with Crippen LogP contribution in [-0.4, -0.2) is 11.7 Å². The fraction of sp³-hybridized carbons (Fsp3) is 0.238. The molecule has 0 radical (unpaired) electrons. The molecule has 24 heavy (non-hydrogen) atoms. The Hall–Kier alpha value is -2.68. The summed E-state index contributed by atoms with van der Waals surface area (Å²) in [6.45, 7) is 0. The minimum Gasteiger partial charge on any atom is -0.329 e. The number of fused-ring (bicyclic) bond motifs is 1. The number of ketones is 1. The fourth-order valence-electron chi connectivity index (χ4n) is 3.91. The average Bonchev–Trinajstić information content (AvgIpc) is 2.62. The Labute approximate surface area is 141 Å². The van der Waals surface area contributed by atoms with Crippen molar-refractivity contribution in [2.45, 2.75) is 24.7 Å². The van der Waals surface area contributed by atoms with Crippen LogP contribution in [0.25, 0.3) is 0 Å². The zero-order chi connectivity index (χ0) is 16.5. The Morgan fingerprint density at radius 1 is 0.792 bits per heavy atom. The lowest BCUT2D eigenvalue weighted by atomic mass is 9.70. The van der Waals surface area contributed by atoms with E-state index < -0.39 is 0 Å². The Morgan fingerprint density at radius 3 is 2.08 bits per heavy atom. The number of rotatable bonds is 2.